The van der Waals surface area contributed by atoms with Crippen LogP contribution in [-0.4, -0.2) is 15.3 Å². The van der Waals surface area contributed by atoms with Gasteiger partial charge in [-0.15, -0.1) is 0 Å². The summed E-state index contributed by atoms with van der Waals surface area (Å²) in [6.45, 7) is 0. The van der Waals surface area contributed by atoms with Crippen molar-refractivity contribution in [1.82, 2.24) is 0 Å². The van der Waals surface area contributed by atoms with E-state index in [9.17, 15) is 15.3 Å². The molecule has 0 amide bonds. The van der Waals surface area contributed by atoms with E-state index in [1.807, 2.05) is 0 Å². The molecular formula is C12H12O5. The zero-order valence-electron chi connectivity index (χ0n) is 8.85. The molecule has 90 valence electrons. The number of aliphatic hydroxyl groups excluding tert-OH is 3. The number of hydrogen-bond acceptors (Lipinski definition) is 5. The van der Waals surface area contributed by atoms with Crippen molar-refractivity contribution >= 4 is 0 Å². The van der Waals surface area contributed by atoms with Gasteiger partial charge in [-0.2, -0.15) is 0 Å². The molecule has 0 aliphatic carbocycles. The predicted octanol–water partition coefficient (Wildman–Crippen LogP) is 2.86. The van der Waals surface area contributed by atoms with Crippen LogP contribution in [0.1, 0.15) is 0 Å². The lowest BCUT2D eigenvalue weighted by molar-refractivity contribution is -0.195. The summed E-state index contributed by atoms with van der Waals surface area (Å²) in [6.07, 6.45) is 12.6. The molecule has 0 radical (unpaired) electrons. The minimum atomic E-state index is -0.661. The van der Waals surface area contributed by atoms with Crippen molar-refractivity contribution in [2.24, 2.45) is 0 Å². The third kappa shape index (κ3) is 4.65. The van der Waals surface area contributed by atoms with Gasteiger partial charge in [0.2, 0.25) is 0 Å². The molecule has 0 aromatic heterocycles. The van der Waals surface area contributed by atoms with Crippen molar-refractivity contribution in [3.05, 3.63) is 72.3 Å². The molecule has 0 saturated heterocycles. The fraction of sp³-hybridized carbons (Fsp3) is 0. The Kier molecular flexibility index (Phi) is 5.03. The van der Waals surface area contributed by atoms with Crippen LogP contribution in [0.25, 0.3) is 0 Å². The topological polar surface area (TPSA) is 79.2 Å². The first-order chi connectivity index (χ1) is 8.22. The van der Waals surface area contributed by atoms with Crippen molar-refractivity contribution in [2.45, 2.75) is 0 Å². The van der Waals surface area contributed by atoms with E-state index in [0.717, 1.165) is 12.3 Å². The maximum absolute atomic E-state index is 9.36. The standard InChI is InChI=1S/C12H12O5/c13-10-6-4-2-1-3-5-8-16-17-9-7-11(14)12(10)15/h1-9,13-15H/b3-1-,4-2-,8-5-,9-7-,10-6+,12-11-. The highest BCUT2D eigenvalue weighted by molar-refractivity contribution is 5.29. The second-order valence-electron chi connectivity index (χ2n) is 2.88. The van der Waals surface area contributed by atoms with Crippen LogP contribution in [0, 0.1) is 0 Å². The number of aliphatic hydroxyl groups is 3. The largest absolute Gasteiger partial charge is 0.504 e. The summed E-state index contributed by atoms with van der Waals surface area (Å²) in [5, 5.41) is 28.0. The maximum Gasteiger partial charge on any atom is 0.200 e. The van der Waals surface area contributed by atoms with Gasteiger partial charge in [0.05, 0.1) is 0 Å². The molecule has 0 spiro atoms. The van der Waals surface area contributed by atoms with E-state index in [2.05, 4.69) is 9.78 Å². The Morgan fingerprint density at radius 2 is 1.41 bits per heavy atom. The van der Waals surface area contributed by atoms with Gasteiger partial charge in [0.25, 0.3) is 0 Å². The minimum Gasteiger partial charge on any atom is -0.504 e. The second kappa shape index (κ2) is 6.84. The fourth-order valence-electron chi connectivity index (χ4n) is 0.862. The highest BCUT2D eigenvalue weighted by Gasteiger charge is 2.05. The molecule has 0 unspecified atom stereocenters. The van der Waals surface area contributed by atoms with E-state index in [0.29, 0.717) is 0 Å². The Labute approximate surface area is 98.1 Å². The third-order valence-corrected chi connectivity index (χ3v) is 1.65. The summed E-state index contributed by atoms with van der Waals surface area (Å²) in [5.74, 6) is -1.68. The van der Waals surface area contributed by atoms with Gasteiger partial charge >= 0.3 is 0 Å². The Balaban J connectivity index is 2.95. The van der Waals surface area contributed by atoms with Gasteiger partial charge in [-0.25, -0.2) is 0 Å². The minimum absolute atomic E-state index is 0.467. The van der Waals surface area contributed by atoms with Crippen molar-refractivity contribution in [2.75, 3.05) is 0 Å². The number of hydrogen-bond donors (Lipinski definition) is 3. The summed E-state index contributed by atoms with van der Waals surface area (Å²) in [6, 6.07) is 0. The molecule has 3 N–H and O–H groups in total. The Morgan fingerprint density at radius 3 is 2.24 bits per heavy atom. The predicted molar refractivity (Wildman–Crippen MR) is 61.7 cm³/mol. The summed E-state index contributed by atoms with van der Waals surface area (Å²) in [4.78, 5) is 9.06. The lowest BCUT2D eigenvalue weighted by atomic mass is 10.3. The van der Waals surface area contributed by atoms with Crippen LogP contribution in [0.5, 0.6) is 0 Å². The van der Waals surface area contributed by atoms with Gasteiger partial charge in [-0.3, -0.25) is 9.78 Å². The van der Waals surface area contributed by atoms with Crippen molar-refractivity contribution < 1.29 is 25.1 Å². The van der Waals surface area contributed by atoms with Gasteiger partial charge in [0.1, 0.15) is 12.5 Å². The van der Waals surface area contributed by atoms with Crippen LogP contribution in [0.2, 0.25) is 0 Å². The maximum atomic E-state index is 9.36. The summed E-state index contributed by atoms with van der Waals surface area (Å²) >= 11 is 0. The van der Waals surface area contributed by atoms with Crippen LogP contribution in [0.15, 0.2) is 72.3 Å². The molecule has 0 saturated carbocycles. The smallest absolute Gasteiger partial charge is 0.200 e. The van der Waals surface area contributed by atoms with Crippen LogP contribution in [0.4, 0.5) is 0 Å². The average molecular weight is 236 g/mol. The van der Waals surface area contributed by atoms with Crippen LogP contribution in [0.3, 0.4) is 0 Å². The molecule has 0 atom stereocenters. The van der Waals surface area contributed by atoms with Crippen molar-refractivity contribution in [1.29, 1.82) is 0 Å². The van der Waals surface area contributed by atoms with E-state index < -0.39 is 17.3 Å². The first kappa shape index (κ1) is 12.5. The first-order valence-corrected chi connectivity index (χ1v) is 4.72. The number of allylic oxidation sites excluding steroid dienone is 7. The Hall–Kier alpha value is -2.56. The lowest BCUT2D eigenvalue weighted by Crippen LogP contribution is -1.92. The van der Waals surface area contributed by atoms with E-state index in [1.54, 1.807) is 24.3 Å². The molecule has 17 heavy (non-hydrogen) atoms. The van der Waals surface area contributed by atoms with Gasteiger partial charge < -0.3 is 15.3 Å². The Morgan fingerprint density at radius 1 is 0.765 bits per heavy atom. The van der Waals surface area contributed by atoms with Crippen molar-refractivity contribution in [3.63, 3.8) is 0 Å². The Bertz CT molecular complexity index is 424. The SMILES string of the molecule is OC1=C(O)/C(O)=C\C=C/C=C\C=C/OO/C=C\1. The molecule has 0 aromatic rings. The van der Waals surface area contributed by atoms with E-state index in [-0.39, 0.29) is 0 Å². The highest BCUT2D eigenvalue weighted by Crippen LogP contribution is 2.09. The molecule has 0 fully saturated rings. The zero-order valence-corrected chi connectivity index (χ0v) is 8.85. The van der Waals surface area contributed by atoms with E-state index in [1.165, 1.54) is 18.4 Å². The highest BCUT2D eigenvalue weighted by atomic mass is 17.2. The molecule has 0 aromatic carbocycles. The molecule has 1 aliphatic heterocycles. The normalized spacial score (nSPS) is 31.9. The average Bonchev–Trinajstić information content (AvgIpc) is 2.33. The zero-order chi connectivity index (χ0) is 12.5. The first-order valence-electron chi connectivity index (χ1n) is 4.72. The molecule has 5 nitrogen and oxygen atoms in total. The molecule has 1 aliphatic rings. The van der Waals surface area contributed by atoms with Crippen molar-refractivity contribution in [3.8, 4) is 0 Å². The monoisotopic (exact) mass is 236 g/mol. The summed E-state index contributed by atoms with van der Waals surface area (Å²) in [7, 11) is 0. The van der Waals surface area contributed by atoms with Gasteiger partial charge in [0, 0.05) is 6.08 Å². The van der Waals surface area contributed by atoms with Gasteiger partial charge in [-0.1, -0.05) is 24.3 Å². The van der Waals surface area contributed by atoms with Gasteiger partial charge in [0.15, 0.2) is 17.3 Å². The lowest BCUT2D eigenvalue weighted by Gasteiger charge is -1.99. The fourth-order valence-corrected chi connectivity index (χ4v) is 0.862. The quantitative estimate of drug-likeness (QED) is 0.563. The molecule has 1 rings (SSSR count). The molecule has 0 bridgehead atoms. The van der Waals surface area contributed by atoms with Crippen LogP contribution >= 0.6 is 0 Å². The second-order valence-corrected chi connectivity index (χ2v) is 2.88. The van der Waals surface area contributed by atoms with E-state index in [4.69, 9.17) is 0 Å². The summed E-state index contributed by atoms with van der Waals surface area (Å²) in [5.41, 5.74) is 0. The third-order valence-electron chi connectivity index (χ3n) is 1.65. The molecule has 5 heteroatoms. The van der Waals surface area contributed by atoms with Crippen LogP contribution < -0.4 is 0 Å². The molecule has 1 heterocycles. The summed E-state index contributed by atoms with van der Waals surface area (Å²) < 4.78 is 0. The molecular weight excluding hydrogens is 224 g/mol. The number of rotatable bonds is 0. The van der Waals surface area contributed by atoms with Crippen LogP contribution in [-0.2, 0) is 9.78 Å². The van der Waals surface area contributed by atoms with Gasteiger partial charge in [-0.05, 0) is 12.2 Å². The van der Waals surface area contributed by atoms with E-state index >= 15 is 0 Å².